The van der Waals surface area contributed by atoms with E-state index in [1.54, 1.807) is 0 Å². The van der Waals surface area contributed by atoms with E-state index in [0.29, 0.717) is 0 Å². The number of likely N-dealkylation sites (tertiary alicyclic amines) is 1. The van der Waals surface area contributed by atoms with Crippen LogP contribution in [0, 0.1) is 0 Å². The lowest BCUT2D eigenvalue weighted by Crippen LogP contribution is -2.37. The molecule has 0 aromatic carbocycles. The molecule has 0 aliphatic carbocycles. The second-order valence-electron chi connectivity index (χ2n) is 5.07. The van der Waals surface area contributed by atoms with Crippen LogP contribution in [0.3, 0.4) is 0 Å². The number of carbonyl (C=O) groups is 1. The number of nitrogens with zero attached hydrogens (tertiary/aromatic N) is 1. The molecule has 0 saturated carbocycles. The van der Waals surface area contributed by atoms with Gasteiger partial charge in [0.05, 0.1) is 0 Å². The number of amides is 1. The summed E-state index contributed by atoms with van der Waals surface area (Å²) in [4.78, 5) is 13.5. The summed E-state index contributed by atoms with van der Waals surface area (Å²) in [6.07, 6.45) is 4.54. The Morgan fingerprint density at radius 1 is 1.12 bits per heavy atom. The highest BCUT2D eigenvalue weighted by Crippen LogP contribution is 2.14. The highest BCUT2D eigenvalue weighted by atomic mass is 16.6. The monoisotopic (exact) mass is 232 g/mol. The van der Waals surface area contributed by atoms with Crippen LogP contribution in [0.4, 0.5) is 4.79 Å². The lowest BCUT2D eigenvalue weighted by molar-refractivity contribution is 0.0257. The first kappa shape index (κ1) is 16.5. The number of rotatable bonds is 0. The third-order valence-electron chi connectivity index (χ3n) is 2.26. The molecular formula is C11H21B3NO2. The maximum Gasteiger partial charge on any atom is 0.410 e. The van der Waals surface area contributed by atoms with Gasteiger partial charge < -0.3 is 9.64 Å². The third-order valence-corrected chi connectivity index (χ3v) is 2.26. The average molecular weight is 232 g/mol. The normalized spacial score (nSPS) is 16.3. The van der Waals surface area contributed by atoms with Crippen molar-refractivity contribution in [1.82, 2.24) is 4.90 Å². The predicted molar refractivity (Wildman–Crippen MR) is 73.5 cm³/mol. The van der Waals surface area contributed by atoms with Gasteiger partial charge in [-0.2, -0.15) is 0 Å². The molecule has 3 nitrogen and oxygen atoms in total. The molecule has 1 aliphatic heterocycles. The van der Waals surface area contributed by atoms with Gasteiger partial charge in [-0.15, -0.1) is 0 Å². The van der Waals surface area contributed by atoms with Crippen molar-refractivity contribution >= 4 is 28.6 Å². The Balaban J connectivity index is 0.000000770. The van der Waals surface area contributed by atoms with E-state index < -0.39 is 0 Å². The fraction of sp³-hybridized carbons (Fsp3) is 0.909. The van der Waals surface area contributed by atoms with E-state index in [1.165, 1.54) is 12.8 Å². The molecule has 0 atom stereocenters. The summed E-state index contributed by atoms with van der Waals surface area (Å²) in [6.45, 7) is 7.43. The third kappa shape index (κ3) is 9.19. The first-order valence-corrected chi connectivity index (χ1v) is 6.14. The summed E-state index contributed by atoms with van der Waals surface area (Å²) < 4.78 is 5.32. The highest BCUT2D eigenvalue weighted by molar-refractivity contribution is 7.17. The summed E-state index contributed by atoms with van der Waals surface area (Å²) >= 11 is 0. The van der Waals surface area contributed by atoms with Crippen LogP contribution in [0.5, 0.6) is 0 Å². The molecule has 1 saturated heterocycles. The molecule has 0 bridgehead atoms. The van der Waals surface area contributed by atoms with Crippen molar-refractivity contribution < 1.29 is 9.53 Å². The SMILES string of the molecule is CC(C)(C)OC(=O)N1CCCCCC1.[B][B][B]. The van der Waals surface area contributed by atoms with Crippen LogP contribution in [0.1, 0.15) is 46.5 Å². The Labute approximate surface area is 109 Å². The summed E-state index contributed by atoms with van der Waals surface area (Å²) in [5.41, 5.74) is -0.372. The molecule has 17 heavy (non-hydrogen) atoms. The van der Waals surface area contributed by atoms with Crippen molar-refractivity contribution in [3.8, 4) is 0 Å². The van der Waals surface area contributed by atoms with Gasteiger partial charge in [0.1, 0.15) is 5.60 Å². The molecule has 0 N–H and O–H groups in total. The molecule has 0 unspecified atom stereocenters. The molecule has 1 heterocycles. The Hall–Kier alpha value is -0.535. The molecule has 1 fully saturated rings. The predicted octanol–water partition coefficient (Wildman–Crippen LogP) is 1.66. The van der Waals surface area contributed by atoms with Crippen molar-refractivity contribution in [3.05, 3.63) is 0 Å². The van der Waals surface area contributed by atoms with Gasteiger partial charge in [0.2, 0.25) is 0 Å². The maximum absolute atomic E-state index is 11.7. The molecule has 1 amide bonds. The van der Waals surface area contributed by atoms with Gasteiger partial charge >= 0.3 is 6.09 Å². The molecule has 1 rings (SSSR count). The van der Waals surface area contributed by atoms with E-state index in [1.807, 2.05) is 25.7 Å². The Morgan fingerprint density at radius 3 is 1.88 bits per heavy atom. The minimum atomic E-state index is -0.372. The lowest BCUT2D eigenvalue weighted by Gasteiger charge is -2.26. The smallest absolute Gasteiger partial charge is 0.410 e. The molecule has 0 aromatic heterocycles. The number of hydrogen-bond acceptors (Lipinski definition) is 2. The average Bonchev–Trinajstić information content (AvgIpc) is 2.43. The highest BCUT2D eigenvalue weighted by Gasteiger charge is 2.22. The fourth-order valence-corrected chi connectivity index (χ4v) is 1.58. The standard InChI is InChI=1S/C11H21NO2.B3/c1-11(2,3)14-10(13)12-8-6-4-5-7-9-12;1-3-2/h4-9H2,1-3H3;. The van der Waals surface area contributed by atoms with Crippen LogP contribution in [0.15, 0.2) is 0 Å². The van der Waals surface area contributed by atoms with E-state index in [-0.39, 0.29) is 11.7 Å². The van der Waals surface area contributed by atoms with Gasteiger partial charge in [-0.1, -0.05) is 12.8 Å². The molecule has 91 valence electrons. The van der Waals surface area contributed by atoms with Crippen molar-refractivity contribution in [1.29, 1.82) is 0 Å². The van der Waals surface area contributed by atoms with Crippen molar-refractivity contribution in [2.75, 3.05) is 13.1 Å². The molecule has 1 aliphatic rings. The first-order chi connectivity index (χ1) is 7.90. The zero-order chi connectivity index (χ0) is 13.3. The molecule has 6 heteroatoms. The number of carbonyl (C=O) groups excluding carboxylic acids is 1. The van der Waals surface area contributed by atoms with E-state index in [2.05, 4.69) is 15.5 Å². The van der Waals surface area contributed by atoms with Crippen LogP contribution in [-0.2, 0) is 4.74 Å². The second-order valence-corrected chi connectivity index (χ2v) is 5.07. The number of hydrogen-bond donors (Lipinski definition) is 0. The van der Waals surface area contributed by atoms with Gasteiger partial charge in [-0.25, -0.2) is 4.79 Å². The Morgan fingerprint density at radius 2 is 1.53 bits per heavy atom. The van der Waals surface area contributed by atoms with Crippen LogP contribution in [-0.4, -0.2) is 52.2 Å². The van der Waals surface area contributed by atoms with Crippen molar-refractivity contribution in [2.45, 2.75) is 52.1 Å². The Bertz CT molecular complexity index is 211. The van der Waals surface area contributed by atoms with E-state index in [0.717, 1.165) is 33.0 Å². The van der Waals surface area contributed by atoms with Crippen molar-refractivity contribution in [3.63, 3.8) is 0 Å². The fourth-order valence-electron chi connectivity index (χ4n) is 1.58. The number of ether oxygens (including phenoxy) is 1. The molecule has 0 aromatic rings. The lowest BCUT2D eigenvalue weighted by atomic mass is 9.40. The zero-order valence-corrected chi connectivity index (χ0v) is 11.2. The summed E-state index contributed by atoms with van der Waals surface area (Å²) in [5.74, 6) is 0. The minimum Gasteiger partial charge on any atom is -0.444 e. The van der Waals surface area contributed by atoms with Crippen LogP contribution in [0.25, 0.3) is 0 Å². The quantitative estimate of drug-likeness (QED) is 0.594. The van der Waals surface area contributed by atoms with Gasteiger partial charge in [-0.3, -0.25) is 0 Å². The van der Waals surface area contributed by atoms with E-state index >= 15 is 0 Å². The maximum atomic E-state index is 11.7. The van der Waals surface area contributed by atoms with Crippen LogP contribution >= 0.6 is 0 Å². The molecule has 5 radical (unpaired) electrons. The van der Waals surface area contributed by atoms with Crippen LogP contribution in [0.2, 0.25) is 0 Å². The van der Waals surface area contributed by atoms with Crippen molar-refractivity contribution in [2.24, 2.45) is 0 Å². The second kappa shape index (κ2) is 8.54. The van der Waals surface area contributed by atoms with Gasteiger partial charge in [-0.05, 0) is 33.6 Å². The van der Waals surface area contributed by atoms with Gasteiger partial charge in [0.25, 0.3) is 0 Å². The first-order valence-electron chi connectivity index (χ1n) is 6.14. The molecular weight excluding hydrogens is 211 g/mol. The minimum absolute atomic E-state index is 0.153. The molecule has 0 spiro atoms. The zero-order valence-electron chi connectivity index (χ0n) is 11.2. The van der Waals surface area contributed by atoms with E-state index in [9.17, 15) is 4.79 Å². The summed E-state index contributed by atoms with van der Waals surface area (Å²) in [7, 11) is 10.0. The summed E-state index contributed by atoms with van der Waals surface area (Å²) in [5, 5.41) is 0. The van der Waals surface area contributed by atoms with Gasteiger partial charge in [0, 0.05) is 35.6 Å². The largest absolute Gasteiger partial charge is 0.444 e. The van der Waals surface area contributed by atoms with Crippen LogP contribution < -0.4 is 0 Å². The van der Waals surface area contributed by atoms with Gasteiger partial charge in [0.15, 0.2) is 0 Å². The topological polar surface area (TPSA) is 29.5 Å². The Kier molecular flexibility index (Phi) is 8.27. The summed E-state index contributed by atoms with van der Waals surface area (Å²) in [6, 6.07) is 0. The van der Waals surface area contributed by atoms with E-state index in [4.69, 9.17) is 4.74 Å².